The van der Waals surface area contributed by atoms with Gasteiger partial charge in [0.15, 0.2) is 0 Å². The molecule has 1 aliphatic carbocycles. The van der Waals surface area contributed by atoms with Crippen molar-refractivity contribution in [3.05, 3.63) is 152 Å². The molecule has 7 aromatic carbocycles. The van der Waals surface area contributed by atoms with Crippen molar-refractivity contribution >= 4 is 32.6 Å². The summed E-state index contributed by atoms with van der Waals surface area (Å²) < 4.78 is 2.38. The van der Waals surface area contributed by atoms with Gasteiger partial charge in [-0.05, 0) is 91.7 Å². The van der Waals surface area contributed by atoms with Crippen LogP contribution in [0.2, 0.25) is 0 Å². The summed E-state index contributed by atoms with van der Waals surface area (Å²) in [6.45, 7) is 0. The van der Waals surface area contributed by atoms with Crippen LogP contribution in [0.4, 0.5) is 0 Å². The third-order valence-electron chi connectivity index (χ3n) is 8.75. The molecule has 1 aliphatic rings. The lowest BCUT2D eigenvalue weighted by molar-refractivity contribution is 1.18. The Morgan fingerprint density at radius 2 is 0.976 bits per heavy atom. The Hall–Kier alpha value is -5.40. The fourth-order valence-electron chi connectivity index (χ4n) is 6.92. The van der Waals surface area contributed by atoms with Crippen LogP contribution in [-0.2, 0) is 0 Å². The lowest BCUT2D eigenvalue weighted by atomic mass is 9.93. The molecule has 0 atom stereocenters. The maximum atomic E-state index is 2.39. The second-order valence-corrected chi connectivity index (χ2v) is 10.9. The molecule has 190 valence electrons. The van der Waals surface area contributed by atoms with Crippen molar-refractivity contribution in [2.45, 2.75) is 0 Å². The van der Waals surface area contributed by atoms with E-state index in [1.165, 1.54) is 82.8 Å². The molecule has 0 fully saturated rings. The van der Waals surface area contributed by atoms with Gasteiger partial charge in [0.05, 0.1) is 11.0 Å². The van der Waals surface area contributed by atoms with Crippen LogP contribution in [0.5, 0.6) is 0 Å². The minimum absolute atomic E-state index is 1.18. The largest absolute Gasteiger partial charge is 0.309 e. The molecular formula is C40H25N. The Balaban J connectivity index is 1.25. The molecule has 0 radical (unpaired) electrons. The monoisotopic (exact) mass is 519 g/mol. The number of fused-ring (bicyclic) bond motifs is 6. The molecule has 41 heavy (non-hydrogen) atoms. The molecule has 1 heteroatoms. The Bertz CT molecular complexity index is 2290. The summed E-state index contributed by atoms with van der Waals surface area (Å²) >= 11 is 0. The first kappa shape index (κ1) is 22.4. The van der Waals surface area contributed by atoms with Crippen LogP contribution < -0.4 is 0 Å². The van der Waals surface area contributed by atoms with Crippen LogP contribution in [0.3, 0.4) is 0 Å². The van der Waals surface area contributed by atoms with Crippen molar-refractivity contribution in [1.29, 1.82) is 0 Å². The van der Waals surface area contributed by atoms with E-state index in [-0.39, 0.29) is 0 Å². The average molecular weight is 520 g/mol. The van der Waals surface area contributed by atoms with Crippen LogP contribution in [0.1, 0.15) is 0 Å². The van der Waals surface area contributed by atoms with Gasteiger partial charge in [0.2, 0.25) is 0 Å². The molecule has 0 saturated carbocycles. The molecule has 8 aromatic rings. The van der Waals surface area contributed by atoms with Crippen molar-refractivity contribution in [2.24, 2.45) is 0 Å². The highest BCUT2D eigenvalue weighted by molar-refractivity contribution is 6.19. The van der Waals surface area contributed by atoms with Crippen molar-refractivity contribution in [3.63, 3.8) is 0 Å². The lowest BCUT2D eigenvalue weighted by Crippen LogP contribution is -1.92. The Morgan fingerprint density at radius 1 is 0.317 bits per heavy atom. The number of benzene rings is 7. The van der Waals surface area contributed by atoms with Gasteiger partial charge in [0.25, 0.3) is 0 Å². The van der Waals surface area contributed by atoms with E-state index in [1.807, 2.05) is 0 Å². The Kier molecular flexibility index (Phi) is 4.67. The van der Waals surface area contributed by atoms with Crippen molar-refractivity contribution < 1.29 is 0 Å². The summed E-state index contributed by atoms with van der Waals surface area (Å²) in [6, 6.07) is 55.4. The van der Waals surface area contributed by atoms with E-state index >= 15 is 0 Å². The van der Waals surface area contributed by atoms with E-state index in [1.54, 1.807) is 0 Å². The molecule has 0 unspecified atom stereocenters. The summed E-state index contributed by atoms with van der Waals surface area (Å²) in [5.74, 6) is 0. The van der Waals surface area contributed by atoms with Gasteiger partial charge in [-0.2, -0.15) is 0 Å². The van der Waals surface area contributed by atoms with Crippen LogP contribution in [-0.4, -0.2) is 4.57 Å². The predicted octanol–water partition coefficient (Wildman–Crippen LogP) is 10.9. The molecule has 9 rings (SSSR count). The van der Waals surface area contributed by atoms with Crippen molar-refractivity contribution in [1.82, 2.24) is 4.57 Å². The standard InChI is InChI=1S/C40H25N/c1-3-10-26(11-4-1)27-18-20-31-35-22-21-30(33-15-9-16-34(40(33)35)36(31)24-27)28-19-23-39-37(25-28)32-14-7-8-17-38(32)41(39)29-12-5-2-6-13-29/h1-25H. The molecule has 0 amide bonds. The average Bonchev–Trinajstić information content (AvgIpc) is 3.55. The van der Waals surface area contributed by atoms with E-state index in [4.69, 9.17) is 0 Å². The van der Waals surface area contributed by atoms with Gasteiger partial charge in [-0.1, -0.05) is 115 Å². The topological polar surface area (TPSA) is 4.93 Å². The zero-order valence-corrected chi connectivity index (χ0v) is 22.4. The van der Waals surface area contributed by atoms with E-state index in [0.717, 1.165) is 0 Å². The number of para-hydroxylation sites is 2. The highest BCUT2D eigenvalue weighted by atomic mass is 15.0. The third kappa shape index (κ3) is 3.24. The second-order valence-electron chi connectivity index (χ2n) is 10.9. The predicted molar refractivity (Wildman–Crippen MR) is 174 cm³/mol. The summed E-state index contributed by atoms with van der Waals surface area (Å²) in [7, 11) is 0. The van der Waals surface area contributed by atoms with Gasteiger partial charge in [0, 0.05) is 16.5 Å². The minimum Gasteiger partial charge on any atom is -0.309 e. The first-order valence-corrected chi connectivity index (χ1v) is 14.2. The molecule has 1 nitrogen and oxygen atoms in total. The van der Waals surface area contributed by atoms with E-state index in [9.17, 15) is 0 Å². The summed E-state index contributed by atoms with van der Waals surface area (Å²) in [4.78, 5) is 0. The van der Waals surface area contributed by atoms with Gasteiger partial charge < -0.3 is 4.57 Å². The zero-order valence-electron chi connectivity index (χ0n) is 22.4. The molecule has 0 saturated heterocycles. The number of rotatable bonds is 3. The van der Waals surface area contributed by atoms with Crippen LogP contribution in [0, 0.1) is 0 Å². The van der Waals surface area contributed by atoms with E-state index in [2.05, 4.69) is 156 Å². The molecule has 1 heterocycles. The SMILES string of the molecule is c1ccc(-c2ccc3c(c2)-c2cccc4c(-c5ccc6c(c5)c5ccccc5n6-c5ccccc5)ccc-3c24)cc1. The lowest BCUT2D eigenvalue weighted by Gasteiger charge is -2.11. The highest BCUT2D eigenvalue weighted by Crippen LogP contribution is 2.50. The van der Waals surface area contributed by atoms with Gasteiger partial charge in [-0.25, -0.2) is 0 Å². The summed E-state index contributed by atoms with van der Waals surface area (Å²) in [5.41, 5.74) is 14.0. The van der Waals surface area contributed by atoms with E-state index < -0.39 is 0 Å². The normalized spacial score (nSPS) is 11.9. The Labute approximate surface area is 238 Å². The number of hydrogen-bond donors (Lipinski definition) is 0. The van der Waals surface area contributed by atoms with Gasteiger partial charge >= 0.3 is 0 Å². The first-order chi connectivity index (χ1) is 20.3. The molecule has 0 N–H and O–H groups in total. The fraction of sp³-hybridized carbons (Fsp3) is 0. The Morgan fingerprint density at radius 3 is 1.85 bits per heavy atom. The maximum absolute atomic E-state index is 2.39. The quantitative estimate of drug-likeness (QED) is 0.219. The smallest absolute Gasteiger partial charge is 0.0541 e. The van der Waals surface area contributed by atoms with Crippen LogP contribution >= 0.6 is 0 Å². The maximum Gasteiger partial charge on any atom is 0.0541 e. The summed E-state index contributed by atoms with van der Waals surface area (Å²) in [6.07, 6.45) is 0. The third-order valence-corrected chi connectivity index (χ3v) is 8.75. The molecule has 0 spiro atoms. The summed E-state index contributed by atoms with van der Waals surface area (Å²) in [5, 5.41) is 5.22. The van der Waals surface area contributed by atoms with Crippen LogP contribution in [0.25, 0.3) is 82.8 Å². The number of aromatic nitrogens is 1. The fourth-order valence-corrected chi connectivity index (χ4v) is 6.92. The van der Waals surface area contributed by atoms with Gasteiger partial charge in [-0.15, -0.1) is 0 Å². The number of nitrogens with zero attached hydrogens (tertiary/aromatic N) is 1. The molecular weight excluding hydrogens is 494 g/mol. The molecule has 0 aliphatic heterocycles. The molecule has 1 aromatic heterocycles. The van der Waals surface area contributed by atoms with Crippen molar-refractivity contribution in [2.75, 3.05) is 0 Å². The van der Waals surface area contributed by atoms with Crippen LogP contribution in [0.15, 0.2) is 152 Å². The second kappa shape index (κ2) is 8.55. The number of hydrogen-bond acceptors (Lipinski definition) is 0. The molecule has 0 bridgehead atoms. The van der Waals surface area contributed by atoms with Gasteiger partial charge in [-0.3, -0.25) is 0 Å². The van der Waals surface area contributed by atoms with E-state index in [0.29, 0.717) is 0 Å². The highest BCUT2D eigenvalue weighted by Gasteiger charge is 2.23. The zero-order chi connectivity index (χ0) is 26.9. The first-order valence-electron chi connectivity index (χ1n) is 14.2. The van der Waals surface area contributed by atoms with Gasteiger partial charge in [0.1, 0.15) is 0 Å². The van der Waals surface area contributed by atoms with Crippen molar-refractivity contribution in [3.8, 4) is 50.2 Å². The minimum atomic E-state index is 1.18.